The molecule has 1 N–H and O–H groups in total. The smallest absolute Gasteiger partial charge is 0.329 e. The molecule has 1 heterocycles. The van der Waals surface area contributed by atoms with Gasteiger partial charge < -0.3 is 4.74 Å². The normalized spacial score (nSPS) is 17.8. The molecule has 2 rings (SSSR count). The van der Waals surface area contributed by atoms with Crippen LogP contribution in [0, 0.1) is 0 Å². The van der Waals surface area contributed by atoms with Gasteiger partial charge in [0.1, 0.15) is 6.04 Å². The molecule has 1 aromatic heterocycles. The Bertz CT molecular complexity index is 476. The first-order valence-corrected chi connectivity index (χ1v) is 8.35. The number of hydrogen-bond acceptors (Lipinski definition) is 4. The van der Waals surface area contributed by atoms with Gasteiger partial charge in [0.25, 0.3) is 0 Å². The summed E-state index contributed by atoms with van der Waals surface area (Å²) in [6, 6.07) is 1.72. The number of methoxy groups -OCH3 is 1. The van der Waals surface area contributed by atoms with Crippen molar-refractivity contribution in [2.75, 3.05) is 7.11 Å². The van der Waals surface area contributed by atoms with Crippen molar-refractivity contribution >= 4 is 37.8 Å². The number of carbonyl (C=O) groups is 1. The lowest BCUT2D eigenvalue weighted by molar-refractivity contribution is -0.143. The zero-order chi connectivity index (χ0) is 14.5. The van der Waals surface area contributed by atoms with Crippen LogP contribution in [-0.4, -0.2) is 24.1 Å². The molecule has 6 heteroatoms. The maximum atomic E-state index is 12.1. The van der Waals surface area contributed by atoms with Gasteiger partial charge >= 0.3 is 5.97 Å². The second-order valence-electron chi connectivity index (χ2n) is 4.98. The average Bonchev–Trinajstić information content (AvgIpc) is 2.46. The van der Waals surface area contributed by atoms with Gasteiger partial charge in [0.2, 0.25) is 0 Å². The molecule has 0 radical (unpaired) electrons. The molecule has 1 aromatic rings. The second kappa shape index (κ2) is 7.52. The van der Waals surface area contributed by atoms with Gasteiger partial charge in [-0.05, 0) is 50.8 Å². The van der Waals surface area contributed by atoms with Crippen molar-refractivity contribution in [2.24, 2.45) is 0 Å². The summed E-state index contributed by atoms with van der Waals surface area (Å²) in [5.74, 6) is -0.300. The van der Waals surface area contributed by atoms with Crippen LogP contribution in [0.5, 0.6) is 0 Å². The van der Waals surface area contributed by atoms with E-state index in [1.54, 1.807) is 6.20 Å². The molecular weight excluding hydrogens is 388 g/mol. The van der Waals surface area contributed by atoms with E-state index in [-0.39, 0.29) is 5.97 Å². The molecule has 1 aliphatic rings. The second-order valence-corrected chi connectivity index (χ2v) is 6.75. The third-order valence-corrected chi connectivity index (χ3v) is 4.62. The molecule has 0 bridgehead atoms. The van der Waals surface area contributed by atoms with Crippen molar-refractivity contribution in [1.82, 2.24) is 10.3 Å². The fourth-order valence-corrected chi connectivity index (χ4v) is 3.74. The zero-order valence-electron chi connectivity index (χ0n) is 11.4. The van der Waals surface area contributed by atoms with Crippen LogP contribution in [0.2, 0.25) is 0 Å². The van der Waals surface area contributed by atoms with Crippen molar-refractivity contribution in [1.29, 1.82) is 0 Å². The molecule has 0 saturated heterocycles. The van der Waals surface area contributed by atoms with Gasteiger partial charge in [-0.3, -0.25) is 10.3 Å². The van der Waals surface area contributed by atoms with E-state index < -0.39 is 6.04 Å². The molecular formula is C14H18Br2N2O2. The number of esters is 1. The molecule has 0 spiro atoms. The first kappa shape index (κ1) is 15.9. The standard InChI is InChI=1S/C14H18Br2N2O2/c1-20-14(19)13(18-10-5-3-2-4-6-10)12-11(16)7-9(15)8-17-12/h7-8,10,13,18H,2-6H2,1H3. The summed E-state index contributed by atoms with van der Waals surface area (Å²) >= 11 is 6.84. The number of nitrogens with one attached hydrogen (secondary N) is 1. The van der Waals surface area contributed by atoms with Crippen molar-refractivity contribution in [3.8, 4) is 0 Å². The number of rotatable bonds is 4. The highest BCUT2D eigenvalue weighted by Gasteiger charge is 2.28. The van der Waals surface area contributed by atoms with Crippen LogP contribution in [0.4, 0.5) is 0 Å². The Morgan fingerprint density at radius 2 is 2.10 bits per heavy atom. The highest BCUT2D eigenvalue weighted by atomic mass is 79.9. The van der Waals surface area contributed by atoms with Crippen LogP contribution in [0.1, 0.15) is 43.8 Å². The molecule has 110 valence electrons. The molecule has 0 aromatic carbocycles. The van der Waals surface area contributed by atoms with Crippen molar-refractivity contribution < 1.29 is 9.53 Å². The predicted octanol–water partition coefficient (Wildman–Crippen LogP) is 3.74. The van der Waals surface area contributed by atoms with Crippen LogP contribution < -0.4 is 5.32 Å². The topological polar surface area (TPSA) is 51.2 Å². The molecule has 1 fully saturated rings. The van der Waals surface area contributed by atoms with E-state index in [1.165, 1.54) is 26.4 Å². The van der Waals surface area contributed by atoms with E-state index in [0.717, 1.165) is 21.8 Å². The van der Waals surface area contributed by atoms with E-state index in [0.29, 0.717) is 11.7 Å². The Kier molecular flexibility index (Phi) is 5.99. The molecule has 1 unspecified atom stereocenters. The maximum Gasteiger partial charge on any atom is 0.329 e. The maximum absolute atomic E-state index is 12.1. The summed E-state index contributed by atoms with van der Waals surface area (Å²) in [6.07, 6.45) is 7.59. The molecule has 4 nitrogen and oxygen atoms in total. The number of carbonyl (C=O) groups excluding carboxylic acids is 1. The quantitative estimate of drug-likeness (QED) is 0.775. The summed E-state index contributed by atoms with van der Waals surface area (Å²) < 4.78 is 6.59. The Labute approximate surface area is 135 Å². The Balaban J connectivity index is 2.20. The third-order valence-electron chi connectivity index (χ3n) is 3.55. The summed E-state index contributed by atoms with van der Waals surface area (Å²) in [6.45, 7) is 0. The van der Waals surface area contributed by atoms with E-state index in [2.05, 4.69) is 42.2 Å². The van der Waals surface area contributed by atoms with E-state index >= 15 is 0 Å². The zero-order valence-corrected chi connectivity index (χ0v) is 14.5. The van der Waals surface area contributed by atoms with Gasteiger partial charge in [-0.2, -0.15) is 0 Å². The Morgan fingerprint density at radius 3 is 2.70 bits per heavy atom. The summed E-state index contributed by atoms with van der Waals surface area (Å²) in [7, 11) is 1.41. The largest absolute Gasteiger partial charge is 0.468 e. The minimum atomic E-state index is -0.523. The number of aromatic nitrogens is 1. The lowest BCUT2D eigenvalue weighted by Crippen LogP contribution is -2.39. The van der Waals surface area contributed by atoms with Gasteiger partial charge in [-0.1, -0.05) is 19.3 Å². The molecule has 1 saturated carbocycles. The summed E-state index contributed by atoms with van der Waals surface area (Å²) in [5.41, 5.74) is 0.672. The monoisotopic (exact) mass is 404 g/mol. The van der Waals surface area contributed by atoms with Crippen molar-refractivity contribution in [3.05, 3.63) is 26.9 Å². The van der Waals surface area contributed by atoms with Gasteiger partial charge in [0.15, 0.2) is 0 Å². The number of pyridine rings is 1. The first-order valence-electron chi connectivity index (χ1n) is 6.76. The third kappa shape index (κ3) is 4.02. The van der Waals surface area contributed by atoms with E-state index in [4.69, 9.17) is 4.74 Å². The van der Waals surface area contributed by atoms with Crippen LogP contribution in [0.15, 0.2) is 21.2 Å². The number of hydrogen-bond donors (Lipinski definition) is 1. The highest BCUT2D eigenvalue weighted by molar-refractivity contribution is 9.11. The molecule has 1 atom stereocenters. The fourth-order valence-electron chi connectivity index (χ4n) is 2.52. The summed E-state index contributed by atoms with van der Waals surface area (Å²) in [4.78, 5) is 16.4. The lowest BCUT2D eigenvalue weighted by atomic mass is 9.94. The molecule has 1 aliphatic carbocycles. The van der Waals surface area contributed by atoms with Gasteiger partial charge in [-0.15, -0.1) is 0 Å². The van der Waals surface area contributed by atoms with E-state index in [1.807, 2.05) is 6.07 Å². The average molecular weight is 406 g/mol. The summed E-state index contributed by atoms with van der Waals surface area (Å²) in [5, 5.41) is 3.40. The number of nitrogens with zero attached hydrogens (tertiary/aromatic N) is 1. The van der Waals surface area contributed by atoms with Crippen molar-refractivity contribution in [3.63, 3.8) is 0 Å². The van der Waals surface area contributed by atoms with Gasteiger partial charge in [0, 0.05) is 21.2 Å². The van der Waals surface area contributed by atoms with Crippen LogP contribution in [0.25, 0.3) is 0 Å². The van der Waals surface area contributed by atoms with Gasteiger partial charge in [0.05, 0.1) is 12.8 Å². The molecule has 20 heavy (non-hydrogen) atoms. The highest BCUT2D eigenvalue weighted by Crippen LogP contribution is 2.27. The van der Waals surface area contributed by atoms with Crippen LogP contribution in [0.3, 0.4) is 0 Å². The van der Waals surface area contributed by atoms with Crippen LogP contribution in [-0.2, 0) is 9.53 Å². The van der Waals surface area contributed by atoms with Crippen molar-refractivity contribution in [2.45, 2.75) is 44.2 Å². The minimum Gasteiger partial charge on any atom is -0.468 e. The molecule has 0 amide bonds. The SMILES string of the molecule is COC(=O)C(NC1CCCCC1)c1ncc(Br)cc1Br. The minimum absolute atomic E-state index is 0.300. The first-order chi connectivity index (χ1) is 9.61. The van der Waals surface area contributed by atoms with Gasteiger partial charge in [-0.25, -0.2) is 4.79 Å². The number of halogens is 2. The lowest BCUT2D eigenvalue weighted by Gasteiger charge is -2.27. The Morgan fingerprint density at radius 1 is 1.40 bits per heavy atom. The van der Waals surface area contributed by atoms with Crippen LogP contribution >= 0.6 is 31.9 Å². The fraction of sp³-hybridized carbons (Fsp3) is 0.571. The molecule has 0 aliphatic heterocycles. The Hall–Kier alpha value is -0.460. The number of ether oxygens (including phenoxy) is 1. The predicted molar refractivity (Wildman–Crippen MR) is 84.4 cm³/mol. The van der Waals surface area contributed by atoms with E-state index in [9.17, 15) is 4.79 Å².